The smallest absolute Gasteiger partial charge is 0.223 e. The Hall–Kier alpha value is -1.88. The summed E-state index contributed by atoms with van der Waals surface area (Å²) >= 11 is 0. The van der Waals surface area contributed by atoms with Gasteiger partial charge in [-0.25, -0.2) is 4.99 Å². The van der Waals surface area contributed by atoms with Crippen molar-refractivity contribution in [2.24, 2.45) is 4.99 Å². The minimum absolute atomic E-state index is 0. The molecule has 3 rings (SSSR count). The first kappa shape index (κ1) is 24.4. The van der Waals surface area contributed by atoms with Crippen molar-refractivity contribution in [3.8, 4) is 5.75 Å². The van der Waals surface area contributed by atoms with Crippen LogP contribution in [0.4, 0.5) is 0 Å². The van der Waals surface area contributed by atoms with Crippen LogP contribution in [0.3, 0.4) is 0 Å². The second-order valence-corrected chi connectivity index (χ2v) is 7.19. The fraction of sp³-hybridized carbons (Fsp3) is 0.571. The van der Waals surface area contributed by atoms with Gasteiger partial charge in [-0.3, -0.25) is 4.90 Å². The fourth-order valence-corrected chi connectivity index (χ4v) is 3.60. The van der Waals surface area contributed by atoms with E-state index < -0.39 is 0 Å². The Kier molecular flexibility index (Phi) is 10.4. The number of nitrogens with zero attached hydrogens (tertiary/aromatic N) is 4. The van der Waals surface area contributed by atoms with Gasteiger partial charge in [0.25, 0.3) is 0 Å². The van der Waals surface area contributed by atoms with Crippen molar-refractivity contribution < 1.29 is 9.26 Å². The largest absolute Gasteiger partial charge is 0.497 e. The second kappa shape index (κ2) is 12.7. The molecule has 30 heavy (non-hydrogen) atoms. The van der Waals surface area contributed by atoms with E-state index in [9.17, 15) is 0 Å². The number of guanidine groups is 1. The lowest BCUT2D eigenvalue weighted by Gasteiger charge is -2.35. The number of rotatable bonds is 8. The van der Waals surface area contributed by atoms with Gasteiger partial charge in [-0.2, -0.15) is 4.98 Å². The van der Waals surface area contributed by atoms with Gasteiger partial charge in [0.1, 0.15) is 12.3 Å². The normalized spacial score (nSPS) is 15.9. The molecule has 2 N–H and O–H groups in total. The summed E-state index contributed by atoms with van der Waals surface area (Å²) in [6.45, 7) is 8.01. The number of ether oxygens (including phenoxy) is 1. The lowest BCUT2D eigenvalue weighted by molar-refractivity contribution is 0.164. The first-order chi connectivity index (χ1) is 14.2. The number of aromatic nitrogens is 2. The monoisotopic (exact) mass is 528 g/mol. The maximum Gasteiger partial charge on any atom is 0.223 e. The summed E-state index contributed by atoms with van der Waals surface area (Å²) in [5.74, 6) is 2.77. The molecule has 1 unspecified atom stereocenters. The Morgan fingerprint density at radius 1 is 1.20 bits per heavy atom. The number of benzene rings is 1. The molecule has 8 nitrogen and oxygen atoms in total. The van der Waals surface area contributed by atoms with E-state index >= 15 is 0 Å². The molecule has 1 aliphatic heterocycles. The van der Waals surface area contributed by atoms with Gasteiger partial charge in [0.2, 0.25) is 5.89 Å². The SMILES string of the molecule is CCNC(=NCc1noc(C)n1)NCC(c1ccc(OC)cc1)N1CCCCC1.I. The molecule has 166 valence electrons. The Balaban J connectivity index is 0.00000320. The van der Waals surface area contributed by atoms with Crippen LogP contribution < -0.4 is 15.4 Å². The van der Waals surface area contributed by atoms with Gasteiger partial charge in [0.15, 0.2) is 11.8 Å². The van der Waals surface area contributed by atoms with Crippen molar-refractivity contribution in [1.29, 1.82) is 0 Å². The molecular weight excluding hydrogens is 495 g/mol. The number of methoxy groups -OCH3 is 1. The molecule has 1 fully saturated rings. The number of hydrogen-bond donors (Lipinski definition) is 2. The third-order valence-corrected chi connectivity index (χ3v) is 5.09. The molecule has 0 bridgehead atoms. The molecule has 1 saturated heterocycles. The van der Waals surface area contributed by atoms with Crippen LogP contribution in [0.25, 0.3) is 0 Å². The molecule has 0 aliphatic carbocycles. The number of piperidine rings is 1. The lowest BCUT2D eigenvalue weighted by atomic mass is 10.0. The Bertz CT molecular complexity index is 774. The molecule has 2 heterocycles. The van der Waals surface area contributed by atoms with Crippen LogP contribution in [0.15, 0.2) is 33.8 Å². The van der Waals surface area contributed by atoms with Crippen LogP contribution in [-0.4, -0.2) is 54.3 Å². The minimum atomic E-state index is 0. The third kappa shape index (κ3) is 7.12. The zero-order valence-electron chi connectivity index (χ0n) is 18.1. The second-order valence-electron chi connectivity index (χ2n) is 7.19. The maximum absolute atomic E-state index is 5.32. The number of nitrogens with one attached hydrogen (secondary N) is 2. The van der Waals surface area contributed by atoms with Crippen molar-refractivity contribution >= 4 is 29.9 Å². The van der Waals surface area contributed by atoms with E-state index in [2.05, 4.69) is 49.7 Å². The van der Waals surface area contributed by atoms with Crippen molar-refractivity contribution in [1.82, 2.24) is 25.7 Å². The average molecular weight is 528 g/mol. The first-order valence-corrected chi connectivity index (χ1v) is 10.4. The zero-order valence-corrected chi connectivity index (χ0v) is 20.4. The van der Waals surface area contributed by atoms with Crippen LogP contribution in [-0.2, 0) is 6.54 Å². The molecule has 0 radical (unpaired) electrons. The number of hydrogen-bond acceptors (Lipinski definition) is 6. The number of likely N-dealkylation sites (tertiary alicyclic amines) is 1. The van der Waals surface area contributed by atoms with Crippen LogP contribution >= 0.6 is 24.0 Å². The highest BCUT2D eigenvalue weighted by Crippen LogP contribution is 2.25. The first-order valence-electron chi connectivity index (χ1n) is 10.4. The van der Waals surface area contributed by atoms with Crippen molar-refractivity contribution in [2.45, 2.75) is 45.7 Å². The van der Waals surface area contributed by atoms with Crippen LogP contribution in [0.2, 0.25) is 0 Å². The van der Waals surface area contributed by atoms with Gasteiger partial charge in [-0.05, 0) is 50.6 Å². The van der Waals surface area contributed by atoms with Gasteiger partial charge >= 0.3 is 0 Å². The van der Waals surface area contributed by atoms with Crippen molar-refractivity contribution in [3.05, 3.63) is 41.5 Å². The predicted molar refractivity (Wildman–Crippen MR) is 128 cm³/mol. The molecule has 9 heteroatoms. The Morgan fingerprint density at radius 3 is 2.53 bits per heavy atom. The van der Waals surface area contributed by atoms with Gasteiger partial charge in [-0.1, -0.05) is 23.7 Å². The Morgan fingerprint density at radius 2 is 1.93 bits per heavy atom. The van der Waals surface area contributed by atoms with Crippen molar-refractivity contribution in [2.75, 3.05) is 33.3 Å². The highest BCUT2D eigenvalue weighted by molar-refractivity contribution is 14.0. The van der Waals surface area contributed by atoms with E-state index in [1.54, 1.807) is 14.0 Å². The molecule has 1 aromatic heterocycles. The van der Waals surface area contributed by atoms with E-state index in [0.717, 1.165) is 37.9 Å². The molecule has 1 atom stereocenters. The summed E-state index contributed by atoms with van der Waals surface area (Å²) in [7, 11) is 1.70. The number of halogens is 1. The molecular formula is C21H33IN6O2. The summed E-state index contributed by atoms with van der Waals surface area (Å²) in [5.41, 5.74) is 1.28. The van der Waals surface area contributed by atoms with Crippen molar-refractivity contribution in [3.63, 3.8) is 0 Å². The molecule has 0 saturated carbocycles. The topological polar surface area (TPSA) is 87.8 Å². The Labute approximate surface area is 195 Å². The molecule has 1 aromatic carbocycles. The summed E-state index contributed by atoms with van der Waals surface area (Å²) in [5, 5.41) is 10.7. The van der Waals surface area contributed by atoms with Gasteiger partial charge in [0.05, 0.1) is 13.2 Å². The zero-order chi connectivity index (χ0) is 20.5. The summed E-state index contributed by atoms with van der Waals surface area (Å²) in [4.78, 5) is 11.4. The standard InChI is InChI=1S/C21H32N6O2.HI/c1-4-22-21(24-15-20-25-16(2)29-26-20)23-14-19(27-12-6-5-7-13-27)17-8-10-18(28-3)11-9-17;/h8-11,19H,4-7,12-15H2,1-3H3,(H2,22,23,24);1H. The summed E-state index contributed by atoms with van der Waals surface area (Å²) < 4.78 is 10.3. The van der Waals surface area contributed by atoms with E-state index in [1.165, 1.54) is 24.8 Å². The quantitative estimate of drug-likeness (QED) is 0.309. The molecule has 1 aliphatic rings. The van der Waals surface area contributed by atoms with E-state index in [-0.39, 0.29) is 30.0 Å². The van der Waals surface area contributed by atoms with Crippen LogP contribution in [0.1, 0.15) is 49.5 Å². The van der Waals surface area contributed by atoms with E-state index in [1.807, 2.05) is 12.1 Å². The molecule has 0 spiro atoms. The summed E-state index contributed by atoms with van der Waals surface area (Å²) in [6, 6.07) is 8.66. The number of aliphatic imine (C=N–C) groups is 1. The fourth-order valence-electron chi connectivity index (χ4n) is 3.60. The van der Waals surface area contributed by atoms with Gasteiger partial charge in [-0.15, -0.1) is 24.0 Å². The van der Waals surface area contributed by atoms with Gasteiger partial charge < -0.3 is 19.9 Å². The summed E-state index contributed by atoms with van der Waals surface area (Å²) in [6.07, 6.45) is 3.81. The highest BCUT2D eigenvalue weighted by Gasteiger charge is 2.22. The van der Waals surface area contributed by atoms with Crippen LogP contribution in [0.5, 0.6) is 5.75 Å². The average Bonchev–Trinajstić information content (AvgIpc) is 3.18. The predicted octanol–water partition coefficient (Wildman–Crippen LogP) is 3.29. The maximum atomic E-state index is 5.32. The van der Waals surface area contributed by atoms with E-state index in [4.69, 9.17) is 9.26 Å². The molecule has 0 amide bonds. The van der Waals surface area contributed by atoms with Crippen LogP contribution in [0, 0.1) is 6.92 Å². The van der Waals surface area contributed by atoms with E-state index in [0.29, 0.717) is 18.3 Å². The third-order valence-electron chi connectivity index (χ3n) is 5.09. The lowest BCUT2D eigenvalue weighted by Crippen LogP contribution is -2.44. The van der Waals surface area contributed by atoms with Gasteiger partial charge in [0, 0.05) is 20.0 Å². The highest BCUT2D eigenvalue weighted by atomic mass is 127. The minimum Gasteiger partial charge on any atom is -0.497 e. The molecule has 2 aromatic rings. The number of aryl methyl sites for hydroxylation is 1.